The van der Waals surface area contributed by atoms with Gasteiger partial charge in [0.05, 0.1) is 24.1 Å². The number of imidazole rings is 1. The quantitative estimate of drug-likeness (QED) is 0.482. The zero-order valence-corrected chi connectivity index (χ0v) is 16.0. The average Bonchev–Trinajstić information content (AvgIpc) is 3.18. The molecule has 0 atom stereocenters. The van der Waals surface area contributed by atoms with E-state index in [0.717, 1.165) is 17.3 Å². The molecule has 2 heterocycles. The summed E-state index contributed by atoms with van der Waals surface area (Å²) in [6.07, 6.45) is 3.71. The van der Waals surface area contributed by atoms with Crippen molar-refractivity contribution in [3.05, 3.63) is 83.4 Å². The highest BCUT2D eigenvalue weighted by atomic mass is 19.2. The van der Waals surface area contributed by atoms with E-state index in [4.69, 9.17) is 4.74 Å². The number of anilines is 1. The van der Waals surface area contributed by atoms with Crippen molar-refractivity contribution in [2.75, 3.05) is 12.4 Å². The van der Waals surface area contributed by atoms with E-state index in [1.165, 1.54) is 7.11 Å². The lowest BCUT2D eigenvalue weighted by Gasteiger charge is -2.12. The number of methoxy groups -OCH3 is 1. The Labute approximate surface area is 169 Å². The molecule has 0 spiro atoms. The lowest BCUT2D eigenvalue weighted by atomic mass is 10.1. The number of pyridine rings is 1. The van der Waals surface area contributed by atoms with Crippen LogP contribution in [-0.2, 0) is 0 Å². The molecule has 0 unspecified atom stereocenters. The first-order valence-electron chi connectivity index (χ1n) is 8.96. The van der Waals surface area contributed by atoms with Crippen LogP contribution in [0.1, 0.15) is 15.9 Å². The molecular weight excluding hydrogens is 395 g/mol. The third kappa shape index (κ3) is 3.36. The van der Waals surface area contributed by atoms with E-state index >= 15 is 0 Å². The summed E-state index contributed by atoms with van der Waals surface area (Å²) in [6.45, 7) is 1.95. The summed E-state index contributed by atoms with van der Waals surface area (Å²) in [5, 5.41) is 2.49. The highest BCUT2D eigenvalue weighted by Crippen LogP contribution is 2.31. The van der Waals surface area contributed by atoms with Crippen LogP contribution in [0.25, 0.3) is 16.9 Å². The third-order valence-corrected chi connectivity index (χ3v) is 4.70. The van der Waals surface area contributed by atoms with Gasteiger partial charge in [-0.25, -0.2) is 18.2 Å². The predicted octanol–water partition coefficient (Wildman–Crippen LogP) is 4.99. The van der Waals surface area contributed by atoms with Gasteiger partial charge in [-0.1, -0.05) is 6.07 Å². The molecule has 2 aromatic carbocycles. The number of carbonyl (C=O) groups excluding carboxylic acids is 1. The van der Waals surface area contributed by atoms with Crippen LogP contribution in [0.3, 0.4) is 0 Å². The SMILES string of the molecule is COc1ccc(-c2cn3cccc(C)c3n2)cc1NC(=O)c1ccc(F)c(F)c1F. The largest absolute Gasteiger partial charge is 0.495 e. The Morgan fingerprint density at radius 3 is 2.63 bits per heavy atom. The molecule has 1 amide bonds. The van der Waals surface area contributed by atoms with Gasteiger partial charge in [-0.2, -0.15) is 0 Å². The minimum Gasteiger partial charge on any atom is -0.495 e. The number of nitrogens with zero attached hydrogens (tertiary/aromatic N) is 2. The maximum absolute atomic E-state index is 14.0. The summed E-state index contributed by atoms with van der Waals surface area (Å²) in [5.74, 6) is -5.25. The number of hydrogen-bond acceptors (Lipinski definition) is 3. The lowest BCUT2D eigenvalue weighted by molar-refractivity contribution is 0.102. The molecule has 8 heteroatoms. The van der Waals surface area contributed by atoms with Crippen molar-refractivity contribution in [1.29, 1.82) is 0 Å². The zero-order chi connectivity index (χ0) is 21.4. The second kappa shape index (κ2) is 7.55. The Morgan fingerprint density at radius 1 is 1.10 bits per heavy atom. The number of fused-ring (bicyclic) bond motifs is 1. The number of amides is 1. The van der Waals surface area contributed by atoms with E-state index in [0.29, 0.717) is 23.1 Å². The minimum atomic E-state index is -1.71. The Kier molecular flexibility index (Phi) is 4.91. The number of nitrogens with one attached hydrogen (secondary N) is 1. The summed E-state index contributed by atoms with van der Waals surface area (Å²) in [7, 11) is 1.41. The molecular formula is C22H16F3N3O2. The van der Waals surface area contributed by atoms with Crippen molar-refractivity contribution in [3.63, 3.8) is 0 Å². The average molecular weight is 411 g/mol. The summed E-state index contributed by atoms with van der Waals surface area (Å²) in [4.78, 5) is 17.1. The van der Waals surface area contributed by atoms with Gasteiger partial charge in [0.1, 0.15) is 11.4 Å². The van der Waals surface area contributed by atoms with Gasteiger partial charge in [-0.05, 0) is 48.9 Å². The van der Waals surface area contributed by atoms with Gasteiger partial charge in [-0.15, -0.1) is 0 Å². The molecule has 0 bridgehead atoms. The summed E-state index contributed by atoms with van der Waals surface area (Å²) < 4.78 is 47.8. The molecule has 0 aliphatic rings. The molecule has 0 radical (unpaired) electrons. The van der Waals surface area contributed by atoms with Crippen LogP contribution >= 0.6 is 0 Å². The van der Waals surface area contributed by atoms with E-state index < -0.39 is 28.9 Å². The monoisotopic (exact) mass is 411 g/mol. The molecule has 4 rings (SSSR count). The van der Waals surface area contributed by atoms with Crippen LogP contribution in [0.15, 0.2) is 54.9 Å². The molecule has 5 nitrogen and oxygen atoms in total. The molecule has 0 aliphatic heterocycles. The number of rotatable bonds is 4. The van der Waals surface area contributed by atoms with Crippen molar-refractivity contribution < 1.29 is 22.7 Å². The van der Waals surface area contributed by atoms with Gasteiger partial charge in [0.15, 0.2) is 17.5 Å². The smallest absolute Gasteiger partial charge is 0.258 e. The van der Waals surface area contributed by atoms with Gasteiger partial charge in [0.25, 0.3) is 5.91 Å². The first kappa shape index (κ1) is 19.5. The molecule has 152 valence electrons. The Balaban J connectivity index is 1.72. The fourth-order valence-corrected chi connectivity index (χ4v) is 3.15. The van der Waals surface area contributed by atoms with E-state index in [9.17, 15) is 18.0 Å². The second-order valence-electron chi connectivity index (χ2n) is 6.64. The number of aromatic nitrogens is 2. The number of ether oxygens (including phenoxy) is 1. The first-order chi connectivity index (χ1) is 14.4. The molecule has 0 aliphatic carbocycles. The van der Waals surface area contributed by atoms with Crippen molar-refractivity contribution in [2.45, 2.75) is 6.92 Å². The van der Waals surface area contributed by atoms with Crippen molar-refractivity contribution in [2.24, 2.45) is 0 Å². The van der Waals surface area contributed by atoms with Crippen molar-refractivity contribution in [3.8, 4) is 17.0 Å². The van der Waals surface area contributed by atoms with Crippen molar-refractivity contribution in [1.82, 2.24) is 9.38 Å². The fraction of sp³-hybridized carbons (Fsp3) is 0.0909. The second-order valence-corrected chi connectivity index (χ2v) is 6.64. The molecule has 4 aromatic rings. The van der Waals surface area contributed by atoms with Gasteiger partial charge in [0.2, 0.25) is 0 Å². The van der Waals surface area contributed by atoms with Crippen molar-refractivity contribution >= 4 is 17.2 Å². The first-order valence-corrected chi connectivity index (χ1v) is 8.96. The highest BCUT2D eigenvalue weighted by Gasteiger charge is 2.20. The summed E-state index contributed by atoms with van der Waals surface area (Å²) in [5.41, 5.74) is 2.74. The number of aryl methyl sites for hydroxylation is 1. The van der Waals surface area contributed by atoms with Crippen LogP contribution in [0, 0.1) is 24.4 Å². The fourth-order valence-electron chi connectivity index (χ4n) is 3.15. The van der Waals surface area contributed by atoms with Gasteiger partial charge in [-0.3, -0.25) is 4.79 Å². The summed E-state index contributed by atoms with van der Waals surface area (Å²) >= 11 is 0. The summed E-state index contributed by atoms with van der Waals surface area (Å²) in [6, 6.07) is 10.4. The number of halogens is 3. The predicted molar refractivity (Wildman–Crippen MR) is 106 cm³/mol. The van der Waals surface area contributed by atoms with E-state index in [2.05, 4.69) is 10.3 Å². The number of benzene rings is 2. The normalized spacial score (nSPS) is 11.0. The standard InChI is InChI=1S/C22H16F3N3O2/c1-12-4-3-9-28-11-17(26-21(12)28)13-5-8-18(30-2)16(10-13)27-22(29)14-6-7-15(23)20(25)19(14)24/h3-11H,1-2H3,(H,27,29). The van der Waals surface area contributed by atoms with Crippen LogP contribution in [-0.4, -0.2) is 22.4 Å². The van der Waals surface area contributed by atoms with Gasteiger partial charge in [0, 0.05) is 18.0 Å². The van der Waals surface area contributed by atoms with Crippen LogP contribution < -0.4 is 10.1 Å². The van der Waals surface area contributed by atoms with E-state index in [1.807, 2.05) is 35.9 Å². The Hall–Kier alpha value is -3.81. The zero-order valence-electron chi connectivity index (χ0n) is 16.0. The Bertz CT molecular complexity index is 1280. The lowest BCUT2D eigenvalue weighted by Crippen LogP contribution is -2.15. The Morgan fingerprint density at radius 2 is 1.90 bits per heavy atom. The number of hydrogen-bond donors (Lipinski definition) is 1. The molecule has 2 aromatic heterocycles. The highest BCUT2D eigenvalue weighted by molar-refractivity contribution is 6.05. The molecule has 30 heavy (non-hydrogen) atoms. The van der Waals surface area contributed by atoms with E-state index in [-0.39, 0.29) is 5.69 Å². The molecule has 0 saturated carbocycles. The van der Waals surface area contributed by atoms with Gasteiger partial charge >= 0.3 is 0 Å². The third-order valence-electron chi connectivity index (χ3n) is 4.70. The topological polar surface area (TPSA) is 55.6 Å². The molecule has 0 saturated heterocycles. The van der Waals surface area contributed by atoms with Gasteiger partial charge < -0.3 is 14.5 Å². The maximum atomic E-state index is 14.0. The van der Waals surface area contributed by atoms with Crippen LogP contribution in [0.4, 0.5) is 18.9 Å². The molecule has 1 N–H and O–H groups in total. The van der Waals surface area contributed by atoms with E-state index in [1.54, 1.807) is 18.2 Å². The number of carbonyl (C=O) groups is 1. The molecule has 0 fully saturated rings. The van der Waals surface area contributed by atoms with Crippen LogP contribution in [0.2, 0.25) is 0 Å². The maximum Gasteiger partial charge on any atom is 0.258 e. The van der Waals surface area contributed by atoms with Crippen LogP contribution in [0.5, 0.6) is 5.75 Å². The minimum absolute atomic E-state index is 0.234.